The Morgan fingerprint density at radius 1 is 1.18 bits per heavy atom. The lowest BCUT2D eigenvalue weighted by Gasteiger charge is -2.11. The van der Waals surface area contributed by atoms with Gasteiger partial charge in [0.1, 0.15) is 5.75 Å². The molecule has 0 spiro atoms. The lowest BCUT2D eigenvalue weighted by Crippen LogP contribution is -2.24. The summed E-state index contributed by atoms with van der Waals surface area (Å²) in [5, 5.41) is 3.38. The molecule has 0 saturated heterocycles. The van der Waals surface area contributed by atoms with Crippen LogP contribution in [0.25, 0.3) is 0 Å². The molecule has 0 aliphatic heterocycles. The average Bonchev–Trinajstić information content (AvgIpc) is 2.28. The fourth-order valence-corrected chi connectivity index (χ4v) is 1.62. The van der Waals surface area contributed by atoms with E-state index in [9.17, 15) is 0 Å². The Hall–Kier alpha value is -1.02. The van der Waals surface area contributed by atoms with E-state index < -0.39 is 0 Å². The van der Waals surface area contributed by atoms with Crippen LogP contribution < -0.4 is 10.1 Å². The minimum Gasteiger partial charge on any atom is -0.494 e. The Morgan fingerprint density at radius 3 is 2.59 bits per heavy atom. The van der Waals surface area contributed by atoms with Crippen LogP contribution in [-0.2, 0) is 0 Å². The van der Waals surface area contributed by atoms with Gasteiger partial charge in [-0.2, -0.15) is 0 Å². The Kier molecular flexibility index (Phi) is 6.06. The van der Waals surface area contributed by atoms with Gasteiger partial charge in [-0.1, -0.05) is 39.8 Å². The highest BCUT2D eigenvalue weighted by Gasteiger charge is 2.00. The maximum atomic E-state index is 5.74. The number of hydrogen-bond donors (Lipinski definition) is 1. The Morgan fingerprint density at radius 2 is 1.94 bits per heavy atom. The van der Waals surface area contributed by atoms with Crippen LogP contribution in [0.3, 0.4) is 0 Å². The van der Waals surface area contributed by atoms with Crippen molar-refractivity contribution in [2.75, 3.05) is 13.2 Å². The molecule has 1 N–H and O–H groups in total. The zero-order chi connectivity index (χ0) is 12.7. The summed E-state index contributed by atoms with van der Waals surface area (Å²) < 4.78 is 5.74. The molecule has 0 bridgehead atoms. The first-order chi connectivity index (χ1) is 8.09. The number of rotatable bonds is 7. The van der Waals surface area contributed by atoms with Crippen LogP contribution in [0.15, 0.2) is 24.3 Å². The van der Waals surface area contributed by atoms with E-state index in [4.69, 9.17) is 4.74 Å². The first kappa shape index (κ1) is 14.0. The van der Waals surface area contributed by atoms with Crippen LogP contribution in [0.2, 0.25) is 0 Å². The molecule has 2 nitrogen and oxygen atoms in total. The third kappa shape index (κ3) is 5.73. The smallest absolute Gasteiger partial charge is 0.119 e. The molecule has 0 amide bonds. The van der Waals surface area contributed by atoms with Crippen molar-refractivity contribution in [3.63, 3.8) is 0 Å². The van der Waals surface area contributed by atoms with Gasteiger partial charge < -0.3 is 10.1 Å². The molecule has 0 aliphatic carbocycles. The van der Waals surface area contributed by atoms with Gasteiger partial charge in [0.15, 0.2) is 0 Å². The van der Waals surface area contributed by atoms with Crippen molar-refractivity contribution < 1.29 is 4.74 Å². The van der Waals surface area contributed by atoms with Gasteiger partial charge in [-0.25, -0.2) is 0 Å². The fourth-order valence-electron chi connectivity index (χ4n) is 1.62. The van der Waals surface area contributed by atoms with Gasteiger partial charge in [0.2, 0.25) is 0 Å². The van der Waals surface area contributed by atoms with Crippen molar-refractivity contribution >= 4 is 0 Å². The van der Waals surface area contributed by atoms with E-state index >= 15 is 0 Å². The SMILES string of the molecule is CC(C)NCCCOc1cccc(C(C)C)c1. The third-order valence-electron chi connectivity index (χ3n) is 2.67. The van der Waals surface area contributed by atoms with E-state index in [-0.39, 0.29) is 0 Å². The normalized spacial score (nSPS) is 11.2. The van der Waals surface area contributed by atoms with E-state index in [0.717, 1.165) is 25.3 Å². The second kappa shape index (κ2) is 7.33. The van der Waals surface area contributed by atoms with Crippen LogP contribution >= 0.6 is 0 Å². The molecular weight excluding hydrogens is 210 g/mol. The monoisotopic (exact) mass is 235 g/mol. The number of benzene rings is 1. The van der Waals surface area contributed by atoms with Crippen LogP contribution in [0.5, 0.6) is 5.75 Å². The van der Waals surface area contributed by atoms with Gasteiger partial charge in [0.05, 0.1) is 6.61 Å². The third-order valence-corrected chi connectivity index (χ3v) is 2.67. The molecule has 0 atom stereocenters. The summed E-state index contributed by atoms with van der Waals surface area (Å²) in [4.78, 5) is 0. The maximum Gasteiger partial charge on any atom is 0.119 e. The molecule has 17 heavy (non-hydrogen) atoms. The maximum absolute atomic E-state index is 5.74. The molecule has 0 heterocycles. The van der Waals surface area contributed by atoms with Gasteiger partial charge in [0, 0.05) is 6.04 Å². The summed E-state index contributed by atoms with van der Waals surface area (Å²) >= 11 is 0. The van der Waals surface area contributed by atoms with E-state index in [2.05, 4.69) is 51.2 Å². The van der Waals surface area contributed by atoms with Gasteiger partial charge in [-0.15, -0.1) is 0 Å². The largest absolute Gasteiger partial charge is 0.494 e. The lowest BCUT2D eigenvalue weighted by atomic mass is 10.0. The molecule has 1 rings (SSSR count). The van der Waals surface area contributed by atoms with Crippen molar-refractivity contribution in [1.29, 1.82) is 0 Å². The highest BCUT2D eigenvalue weighted by atomic mass is 16.5. The Balaban J connectivity index is 2.29. The molecule has 0 aliphatic rings. The summed E-state index contributed by atoms with van der Waals surface area (Å²) in [6.07, 6.45) is 1.05. The molecular formula is C15H25NO. The van der Waals surface area contributed by atoms with Crippen LogP contribution in [-0.4, -0.2) is 19.2 Å². The first-order valence-electron chi connectivity index (χ1n) is 6.55. The zero-order valence-corrected chi connectivity index (χ0v) is 11.5. The van der Waals surface area contributed by atoms with Crippen LogP contribution in [0.1, 0.15) is 45.6 Å². The van der Waals surface area contributed by atoms with Crippen molar-refractivity contribution in [3.05, 3.63) is 29.8 Å². The fraction of sp³-hybridized carbons (Fsp3) is 0.600. The second-order valence-corrected chi connectivity index (χ2v) is 5.04. The molecule has 0 saturated carbocycles. The van der Waals surface area contributed by atoms with E-state index in [0.29, 0.717) is 12.0 Å². The minimum absolute atomic E-state index is 0.555. The first-order valence-corrected chi connectivity index (χ1v) is 6.55. The summed E-state index contributed by atoms with van der Waals surface area (Å²) in [6, 6.07) is 8.94. The highest BCUT2D eigenvalue weighted by Crippen LogP contribution is 2.20. The lowest BCUT2D eigenvalue weighted by molar-refractivity contribution is 0.306. The van der Waals surface area contributed by atoms with Gasteiger partial charge in [-0.05, 0) is 36.6 Å². The minimum atomic E-state index is 0.555. The molecule has 0 fully saturated rings. The standard InChI is InChI=1S/C15H25NO/c1-12(2)14-7-5-8-15(11-14)17-10-6-9-16-13(3)4/h5,7-8,11-13,16H,6,9-10H2,1-4H3. The average molecular weight is 235 g/mol. The van der Waals surface area contributed by atoms with Gasteiger partial charge in [-0.3, -0.25) is 0 Å². The summed E-state index contributed by atoms with van der Waals surface area (Å²) in [7, 11) is 0. The molecule has 0 radical (unpaired) electrons. The topological polar surface area (TPSA) is 21.3 Å². The Bertz CT molecular complexity index is 320. The summed E-state index contributed by atoms with van der Waals surface area (Å²) in [5.41, 5.74) is 1.34. The van der Waals surface area contributed by atoms with Crippen molar-refractivity contribution in [3.8, 4) is 5.75 Å². The van der Waals surface area contributed by atoms with E-state index in [1.54, 1.807) is 0 Å². The summed E-state index contributed by atoms with van der Waals surface area (Å²) in [5.74, 6) is 1.54. The van der Waals surface area contributed by atoms with Crippen molar-refractivity contribution in [1.82, 2.24) is 5.32 Å². The van der Waals surface area contributed by atoms with Gasteiger partial charge >= 0.3 is 0 Å². The molecule has 2 heteroatoms. The van der Waals surface area contributed by atoms with Crippen molar-refractivity contribution in [2.45, 2.75) is 46.1 Å². The number of nitrogens with one attached hydrogen (secondary N) is 1. The van der Waals surface area contributed by atoms with E-state index in [1.807, 2.05) is 6.07 Å². The number of ether oxygens (including phenoxy) is 1. The molecule has 0 aromatic heterocycles. The Labute approximate surface area is 105 Å². The quantitative estimate of drug-likeness (QED) is 0.729. The predicted molar refractivity (Wildman–Crippen MR) is 73.8 cm³/mol. The van der Waals surface area contributed by atoms with Gasteiger partial charge in [0.25, 0.3) is 0 Å². The predicted octanol–water partition coefficient (Wildman–Crippen LogP) is 3.58. The molecule has 1 aromatic carbocycles. The second-order valence-electron chi connectivity index (χ2n) is 5.04. The molecule has 96 valence electrons. The highest BCUT2D eigenvalue weighted by molar-refractivity contribution is 5.30. The zero-order valence-electron chi connectivity index (χ0n) is 11.5. The molecule has 1 aromatic rings. The van der Waals surface area contributed by atoms with E-state index in [1.165, 1.54) is 5.56 Å². The van der Waals surface area contributed by atoms with Crippen molar-refractivity contribution in [2.24, 2.45) is 0 Å². The summed E-state index contributed by atoms with van der Waals surface area (Å²) in [6.45, 7) is 10.5. The number of hydrogen-bond acceptors (Lipinski definition) is 2. The van der Waals surface area contributed by atoms with Crippen LogP contribution in [0, 0.1) is 0 Å². The van der Waals surface area contributed by atoms with Crippen LogP contribution in [0.4, 0.5) is 0 Å². The molecule has 0 unspecified atom stereocenters.